The van der Waals surface area contributed by atoms with E-state index in [0.29, 0.717) is 17.0 Å². The predicted octanol–water partition coefficient (Wildman–Crippen LogP) is 1.34. The van der Waals surface area contributed by atoms with Gasteiger partial charge in [-0.1, -0.05) is 6.42 Å². The van der Waals surface area contributed by atoms with Crippen LogP contribution in [0, 0.1) is 0 Å². The summed E-state index contributed by atoms with van der Waals surface area (Å²) in [5.74, 6) is 0.517. The minimum Gasteiger partial charge on any atom is -0.482 e. The van der Waals surface area contributed by atoms with Crippen LogP contribution in [0.1, 0.15) is 29.6 Å². The lowest BCUT2D eigenvalue weighted by Crippen LogP contribution is -2.40. The maximum Gasteiger partial charge on any atom is 0.262 e. The number of amides is 1. The molecule has 2 aliphatic rings. The highest BCUT2D eigenvalue weighted by atomic mass is 16.5. The largest absolute Gasteiger partial charge is 0.482 e. The molecule has 2 N–H and O–H groups in total. The van der Waals surface area contributed by atoms with Crippen molar-refractivity contribution in [2.75, 3.05) is 18.5 Å². The zero-order valence-corrected chi connectivity index (χ0v) is 10.6. The quantitative estimate of drug-likeness (QED) is 0.787. The van der Waals surface area contributed by atoms with E-state index in [4.69, 9.17) is 4.74 Å². The molecule has 0 bridgehead atoms. The summed E-state index contributed by atoms with van der Waals surface area (Å²) in [5, 5.41) is 5.96. The SMILES string of the molecule is O=C1COc2ccc(C(=O)C3CCCCN3)cc2N1. The van der Waals surface area contributed by atoms with Crippen molar-refractivity contribution >= 4 is 17.4 Å². The number of hydrogen-bond acceptors (Lipinski definition) is 4. The van der Waals surface area contributed by atoms with Crippen LogP contribution in [0.5, 0.6) is 5.75 Å². The van der Waals surface area contributed by atoms with Gasteiger partial charge in [-0.25, -0.2) is 0 Å². The van der Waals surface area contributed by atoms with Crippen LogP contribution in [0.25, 0.3) is 0 Å². The van der Waals surface area contributed by atoms with Gasteiger partial charge in [-0.05, 0) is 37.6 Å². The molecule has 100 valence electrons. The Morgan fingerprint density at radius 1 is 1.32 bits per heavy atom. The van der Waals surface area contributed by atoms with Gasteiger partial charge in [0.05, 0.1) is 11.7 Å². The van der Waals surface area contributed by atoms with Crippen LogP contribution < -0.4 is 15.4 Å². The van der Waals surface area contributed by atoms with Gasteiger partial charge in [-0.15, -0.1) is 0 Å². The molecule has 0 saturated carbocycles. The number of carbonyl (C=O) groups is 2. The van der Waals surface area contributed by atoms with E-state index in [2.05, 4.69) is 10.6 Å². The Balaban J connectivity index is 1.83. The Kier molecular flexibility index (Phi) is 3.21. The average Bonchev–Trinajstić information content (AvgIpc) is 2.46. The average molecular weight is 260 g/mol. The summed E-state index contributed by atoms with van der Waals surface area (Å²) in [5.41, 5.74) is 1.20. The molecular weight excluding hydrogens is 244 g/mol. The minimum atomic E-state index is -0.187. The number of rotatable bonds is 2. The summed E-state index contributed by atoms with van der Waals surface area (Å²) in [7, 11) is 0. The van der Waals surface area contributed by atoms with Gasteiger partial charge < -0.3 is 15.4 Å². The maximum absolute atomic E-state index is 12.4. The van der Waals surface area contributed by atoms with Gasteiger partial charge in [-0.2, -0.15) is 0 Å². The van der Waals surface area contributed by atoms with Gasteiger partial charge in [0.15, 0.2) is 12.4 Å². The Labute approximate surface area is 111 Å². The number of Topliss-reactive ketones (excluding diaryl/α,β-unsaturated/α-hetero) is 1. The molecule has 1 atom stereocenters. The highest BCUT2D eigenvalue weighted by Crippen LogP contribution is 2.29. The number of ether oxygens (including phenoxy) is 1. The second-order valence-electron chi connectivity index (χ2n) is 4.91. The van der Waals surface area contributed by atoms with Crippen molar-refractivity contribution in [3.8, 4) is 5.75 Å². The first kappa shape index (κ1) is 12.2. The van der Waals surface area contributed by atoms with E-state index in [1.165, 1.54) is 0 Å². The summed E-state index contributed by atoms with van der Waals surface area (Å²) in [6.45, 7) is 0.922. The first-order valence-electron chi connectivity index (χ1n) is 6.58. The minimum absolute atomic E-state index is 0.0322. The molecule has 2 heterocycles. The maximum atomic E-state index is 12.4. The van der Waals surface area contributed by atoms with Crippen LogP contribution in [0.4, 0.5) is 5.69 Å². The van der Waals surface area contributed by atoms with Gasteiger partial charge >= 0.3 is 0 Å². The standard InChI is InChI=1S/C14H16N2O3/c17-13-8-19-12-5-4-9(7-11(12)16-13)14(18)10-3-1-2-6-15-10/h4-5,7,10,15H,1-3,6,8H2,(H,16,17). The van der Waals surface area contributed by atoms with Crippen LogP contribution in [0.15, 0.2) is 18.2 Å². The Morgan fingerprint density at radius 2 is 2.21 bits per heavy atom. The molecule has 2 aliphatic heterocycles. The highest BCUT2D eigenvalue weighted by Gasteiger charge is 2.24. The molecule has 0 spiro atoms. The summed E-state index contributed by atoms with van der Waals surface area (Å²) in [4.78, 5) is 23.6. The van der Waals surface area contributed by atoms with E-state index in [-0.39, 0.29) is 24.3 Å². The second-order valence-corrected chi connectivity index (χ2v) is 4.91. The van der Waals surface area contributed by atoms with Gasteiger partial charge in [-0.3, -0.25) is 9.59 Å². The molecule has 1 amide bonds. The topological polar surface area (TPSA) is 67.4 Å². The number of piperidine rings is 1. The number of ketones is 1. The monoisotopic (exact) mass is 260 g/mol. The number of benzene rings is 1. The van der Waals surface area contributed by atoms with E-state index in [9.17, 15) is 9.59 Å². The third kappa shape index (κ3) is 2.46. The molecule has 1 unspecified atom stereocenters. The zero-order chi connectivity index (χ0) is 13.2. The summed E-state index contributed by atoms with van der Waals surface area (Å²) < 4.78 is 5.28. The summed E-state index contributed by atoms with van der Waals surface area (Å²) >= 11 is 0. The van der Waals surface area contributed by atoms with Crippen molar-refractivity contribution in [3.05, 3.63) is 23.8 Å². The first-order chi connectivity index (χ1) is 9.24. The van der Waals surface area contributed by atoms with Gasteiger partial charge in [0, 0.05) is 5.56 Å². The molecule has 1 aromatic carbocycles. The lowest BCUT2D eigenvalue weighted by molar-refractivity contribution is -0.118. The van der Waals surface area contributed by atoms with Gasteiger partial charge in [0.1, 0.15) is 5.75 Å². The van der Waals surface area contributed by atoms with E-state index in [1.807, 2.05) is 0 Å². The van der Waals surface area contributed by atoms with Crippen molar-refractivity contribution in [1.29, 1.82) is 0 Å². The number of hydrogen-bond donors (Lipinski definition) is 2. The second kappa shape index (κ2) is 5.01. The van der Waals surface area contributed by atoms with E-state index < -0.39 is 0 Å². The molecule has 3 rings (SSSR count). The predicted molar refractivity (Wildman–Crippen MR) is 70.5 cm³/mol. The van der Waals surface area contributed by atoms with Crippen molar-refractivity contribution < 1.29 is 14.3 Å². The Morgan fingerprint density at radius 3 is 3.00 bits per heavy atom. The van der Waals surface area contributed by atoms with Crippen LogP contribution in [0.3, 0.4) is 0 Å². The third-order valence-corrected chi connectivity index (χ3v) is 3.52. The molecule has 1 fully saturated rings. The van der Waals surface area contributed by atoms with Gasteiger partial charge in [0.2, 0.25) is 0 Å². The molecule has 5 nitrogen and oxygen atoms in total. The lowest BCUT2D eigenvalue weighted by atomic mass is 9.96. The molecule has 1 saturated heterocycles. The van der Waals surface area contributed by atoms with Crippen LogP contribution in [-0.4, -0.2) is 30.9 Å². The van der Waals surface area contributed by atoms with Crippen LogP contribution in [-0.2, 0) is 4.79 Å². The van der Waals surface area contributed by atoms with Crippen molar-refractivity contribution in [3.63, 3.8) is 0 Å². The zero-order valence-electron chi connectivity index (χ0n) is 10.6. The van der Waals surface area contributed by atoms with Crippen molar-refractivity contribution in [2.45, 2.75) is 25.3 Å². The number of fused-ring (bicyclic) bond motifs is 1. The first-order valence-corrected chi connectivity index (χ1v) is 6.58. The van der Waals surface area contributed by atoms with Crippen LogP contribution in [0.2, 0.25) is 0 Å². The Bertz CT molecular complexity index is 521. The molecular formula is C14H16N2O3. The molecule has 1 aromatic rings. The summed E-state index contributed by atoms with van der Waals surface area (Å²) in [6, 6.07) is 5.09. The fraction of sp³-hybridized carbons (Fsp3) is 0.429. The number of nitrogens with one attached hydrogen (secondary N) is 2. The smallest absolute Gasteiger partial charge is 0.262 e. The molecule has 5 heteroatoms. The number of anilines is 1. The fourth-order valence-corrected chi connectivity index (χ4v) is 2.51. The molecule has 0 aliphatic carbocycles. The lowest BCUT2D eigenvalue weighted by Gasteiger charge is -2.23. The number of carbonyl (C=O) groups excluding carboxylic acids is 2. The highest BCUT2D eigenvalue weighted by molar-refractivity contribution is 6.03. The van der Waals surface area contributed by atoms with Crippen molar-refractivity contribution in [1.82, 2.24) is 5.32 Å². The molecule has 0 aromatic heterocycles. The summed E-state index contributed by atoms with van der Waals surface area (Å²) in [6.07, 6.45) is 3.07. The van der Waals surface area contributed by atoms with Gasteiger partial charge in [0.25, 0.3) is 5.91 Å². The normalized spacial score (nSPS) is 22.1. The van der Waals surface area contributed by atoms with Crippen LogP contribution >= 0.6 is 0 Å². The Hall–Kier alpha value is -1.88. The van der Waals surface area contributed by atoms with E-state index in [0.717, 1.165) is 25.8 Å². The third-order valence-electron chi connectivity index (χ3n) is 3.52. The van der Waals surface area contributed by atoms with Crippen molar-refractivity contribution in [2.24, 2.45) is 0 Å². The fourth-order valence-electron chi connectivity index (χ4n) is 2.51. The van der Waals surface area contributed by atoms with E-state index >= 15 is 0 Å². The molecule has 0 radical (unpaired) electrons. The van der Waals surface area contributed by atoms with E-state index in [1.54, 1.807) is 18.2 Å². The molecule has 19 heavy (non-hydrogen) atoms.